The zero-order valence-electron chi connectivity index (χ0n) is 10.6. The van der Waals surface area contributed by atoms with Gasteiger partial charge in [-0.1, -0.05) is 18.2 Å². The summed E-state index contributed by atoms with van der Waals surface area (Å²) >= 11 is 0. The highest BCUT2D eigenvalue weighted by molar-refractivity contribution is 5.28. The van der Waals surface area contributed by atoms with E-state index in [-0.39, 0.29) is 5.82 Å². The number of anilines is 1. The molecule has 4 nitrogen and oxygen atoms in total. The first-order chi connectivity index (χ1) is 9.29. The summed E-state index contributed by atoms with van der Waals surface area (Å²) in [4.78, 5) is 8.38. The average molecular weight is 260 g/mol. The van der Waals surface area contributed by atoms with Crippen molar-refractivity contribution in [3.05, 3.63) is 53.6 Å². The topological polar surface area (TPSA) is 63.8 Å². The fourth-order valence-corrected chi connectivity index (χ4v) is 1.70. The number of nitrogens with one attached hydrogen (secondary N) is 1. The summed E-state index contributed by atoms with van der Waals surface area (Å²) in [6.45, 7) is 1.39. The van der Waals surface area contributed by atoms with Gasteiger partial charge in [0.15, 0.2) is 0 Å². The summed E-state index contributed by atoms with van der Waals surface area (Å²) < 4.78 is 13.5. The van der Waals surface area contributed by atoms with Crippen LogP contribution in [0.4, 0.5) is 10.3 Å². The zero-order chi connectivity index (χ0) is 13.5. The molecule has 0 unspecified atom stereocenters. The van der Waals surface area contributed by atoms with Crippen LogP contribution in [0.25, 0.3) is 0 Å². The van der Waals surface area contributed by atoms with Gasteiger partial charge in [0, 0.05) is 25.4 Å². The third-order valence-electron chi connectivity index (χ3n) is 2.72. The van der Waals surface area contributed by atoms with Gasteiger partial charge in [0.05, 0.1) is 0 Å². The van der Waals surface area contributed by atoms with Crippen LogP contribution in [0.3, 0.4) is 0 Å². The van der Waals surface area contributed by atoms with Gasteiger partial charge in [-0.15, -0.1) is 0 Å². The summed E-state index contributed by atoms with van der Waals surface area (Å²) in [5.41, 5.74) is 6.93. The molecule has 19 heavy (non-hydrogen) atoms. The van der Waals surface area contributed by atoms with E-state index in [1.165, 1.54) is 6.07 Å². The van der Waals surface area contributed by atoms with Crippen LogP contribution in [0, 0.1) is 5.82 Å². The van der Waals surface area contributed by atoms with E-state index in [1.54, 1.807) is 24.5 Å². The molecule has 1 aromatic heterocycles. The van der Waals surface area contributed by atoms with E-state index in [4.69, 9.17) is 5.73 Å². The highest BCUT2D eigenvalue weighted by atomic mass is 19.1. The molecule has 0 radical (unpaired) electrons. The molecule has 0 aliphatic carbocycles. The Hall–Kier alpha value is -2.01. The molecular formula is C14H17FN4. The van der Waals surface area contributed by atoms with Gasteiger partial charge in [0.25, 0.3) is 0 Å². The van der Waals surface area contributed by atoms with Crippen LogP contribution in [0.1, 0.15) is 17.5 Å². The first-order valence-corrected chi connectivity index (χ1v) is 6.28. The van der Waals surface area contributed by atoms with Gasteiger partial charge in [-0.05, 0) is 30.2 Å². The van der Waals surface area contributed by atoms with Crippen molar-refractivity contribution in [3.8, 4) is 0 Å². The lowest BCUT2D eigenvalue weighted by Crippen LogP contribution is -2.10. The van der Waals surface area contributed by atoms with E-state index in [1.807, 2.05) is 6.07 Å². The summed E-state index contributed by atoms with van der Waals surface area (Å²) in [5, 5.41) is 3.07. The Morgan fingerprint density at radius 3 is 2.58 bits per heavy atom. The van der Waals surface area contributed by atoms with Crippen molar-refractivity contribution >= 4 is 5.95 Å². The Balaban J connectivity index is 1.97. The Morgan fingerprint density at radius 1 is 1.16 bits per heavy atom. The van der Waals surface area contributed by atoms with Gasteiger partial charge in [-0.25, -0.2) is 14.4 Å². The predicted molar refractivity (Wildman–Crippen MR) is 73.4 cm³/mol. The molecular weight excluding hydrogens is 243 g/mol. The quantitative estimate of drug-likeness (QED) is 0.779. The van der Waals surface area contributed by atoms with Crippen molar-refractivity contribution < 1.29 is 4.39 Å². The molecule has 0 saturated heterocycles. The standard InChI is InChI=1S/C14H17FN4/c15-13-5-2-1-4-12(13)8-11-9-18-14(19-10-11)17-7-3-6-16/h1-2,4-5,9-10H,3,6-8,16H2,(H,17,18,19). The number of nitrogens with zero attached hydrogens (tertiary/aromatic N) is 2. The first kappa shape index (κ1) is 13.4. The van der Waals surface area contributed by atoms with Gasteiger partial charge >= 0.3 is 0 Å². The van der Waals surface area contributed by atoms with Gasteiger partial charge in [-0.3, -0.25) is 0 Å². The maximum absolute atomic E-state index is 13.5. The molecule has 5 heteroatoms. The van der Waals surface area contributed by atoms with Crippen LogP contribution < -0.4 is 11.1 Å². The minimum absolute atomic E-state index is 0.201. The molecule has 2 aromatic rings. The maximum atomic E-state index is 13.5. The minimum Gasteiger partial charge on any atom is -0.354 e. The van der Waals surface area contributed by atoms with E-state index < -0.39 is 0 Å². The summed E-state index contributed by atoms with van der Waals surface area (Å²) in [6, 6.07) is 6.73. The number of hydrogen-bond acceptors (Lipinski definition) is 4. The van der Waals surface area contributed by atoms with Crippen molar-refractivity contribution in [1.82, 2.24) is 9.97 Å². The molecule has 2 rings (SSSR count). The molecule has 0 bridgehead atoms. The zero-order valence-corrected chi connectivity index (χ0v) is 10.6. The number of aromatic nitrogens is 2. The molecule has 0 atom stereocenters. The van der Waals surface area contributed by atoms with Crippen molar-refractivity contribution in [3.63, 3.8) is 0 Å². The van der Waals surface area contributed by atoms with E-state index >= 15 is 0 Å². The monoisotopic (exact) mass is 260 g/mol. The number of nitrogens with two attached hydrogens (primary N) is 1. The number of halogens is 1. The Kier molecular flexibility index (Phi) is 4.80. The van der Waals surface area contributed by atoms with Gasteiger partial charge in [0.1, 0.15) is 5.82 Å². The van der Waals surface area contributed by atoms with E-state index in [0.29, 0.717) is 24.5 Å². The lowest BCUT2D eigenvalue weighted by Gasteiger charge is -2.05. The van der Waals surface area contributed by atoms with E-state index in [0.717, 1.165) is 18.5 Å². The van der Waals surface area contributed by atoms with Crippen LogP contribution in [0.5, 0.6) is 0 Å². The first-order valence-electron chi connectivity index (χ1n) is 6.28. The average Bonchev–Trinajstić information content (AvgIpc) is 2.44. The summed E-state index contributed by atoms with van der Waals surface area (Å²) in [7, 11) is 0. The SMILES string of the molecule is NCCCNc1ncc(Cc2ccccc2F)cn1. The molecule has 1 aromatic carbocycles. The van der Waals surface area contributed by atoms with Crippen LogP contribution in [0.15, 0.2) is 36.7 Å². The number of benzene rings is 1. The minimum atomic E-state index is -0.201. The number of rotatable bonds is 6. The lowest BCUT2D eigenvalue weighted by atomic mass is 10.1. The number of hydrogen-bond donors (Lipinski definition) is 2. The fourth-order valence-electron chi connectivity index (χ4n) is 1.70. The fraction of sp³-hybridized carbons (Fsp3) is 0.286. The van der Waals surface area contributed by atoms with Crippen molar-refractivity contribution in [1.29, 1.82) is 0 Å². The lowest BCUT2D eigenvalue weighted by molar-refractivity contribution is 0.614. The normalized spacial score (nSPS) is 10.4. The second-order valence-corrected chi connectivity index (χ2v) is 4.25. The third-order valence-corrected chi connectivity index (χ3v) is 2.72. The molecule has 0 aliphatic rings. The molecule has 0 amide bonds. The van der Waals surface area contributed by atoms with Crippen LogP contribution in [-0.4, -0.2) is 23.1 Å². The Bertz CT molecular complexity index is 513. The highest BCUT2D eigenvalue weighted by Crippen LogP contribution is 2.12. The second-order valence-electron chi connectivity index (χ2n) is 4.25. The Morgan fingerprint density at radius 2 is 1.89 bits per heavy atom. The van der Waals surface area contributed by atoms with Gasteiger partial charge in [-0.2, -0.15) is 0 Å². The summed E-state index contributed by atoms with van der Waals surface area (Å²) in [6.07, 6.45) is 4.80. The smallest absolute Gasteiger partial charge is 0.222 e. The molecule has 3 N–H and O–H groups in total. The largest absolute Gasteiger partial charge is 0.354 e. The van der Waals surface area contributed by atoms with Crippen LogP contribution in [-0.2, 0) is 6.42 Å². The van der Waals surface area contributed by atoms with Crippen LogP contribution in [0.2, 0.25) is 0 Å². The van der Waals surface area contributed by atoms with Crippen molar-refractivity contribution in [2.75, 3.05) is 18.4 Å². The highest BCUT2D eigenvalue weighted by Gasteiger charge is 2.03. The maximum Gasteiger partial charge on any atom is 0.222 e. The van der Waals surface area contributed by atoms with Gasteiger partial charge < -0.3 is 11.1 Å². The second kappa shape index (κ2) is 6.80. The van der Waals surface area contributed by atoms with Crippen molar-refractivity contribution in [2.45, 2.75) is 12.8 Å². The Labute approximate surface area is 111 Å². The molecule has 0 saturated carbocycles. The molecule has 100 valence electrons. The van der Waals surface area contributed by atoms with Gasteiger partial charge in [0.2, 0.25) is 5.95 Å². The molecule has 0 spiro atoms. The molecule has 1 heterocycles. The predicted octanol–water partition coefficient (Wildman–Crippen LogP) is 1.97. The van der Waals surface area contributed by atoms with E-state index in [9.17, 15) is 4.39 Å². The molecule has 0 aliphatic heterocycles. The molecule has 0 fully saturated rings. The van der Waals surface area contributed by atoms with E-state index in [2.05, 4.69) is 15.3 Å². The van der Waals surface area contributed by atoms with Crippen LogP contribution >= 0.6 is 0 Å². The summed E-state index contributed by atoms with van der Waals surface area (Å²) in [5.74, 6) is 0.374. The third kappa shape index (κ3) is 3.99. The van der Waals surface area contributed by atoms with Crippen molar-refractivity contribution in [2.24, 2.45) is 5.73 Å².